The minimum atomic E-state index is -0.116. The number of hydrogen-bond donors (Lipinski definition) is 2. The molecule has 1 aromatic rings. The van der Waals surface area contributed by atoms with Gasteiger partial charge in [0, 0.05) is 31.5 Å². The number of nitrogens with one attached hydrogen (secondary N) is 2. The molecule has 1 aliphatic heterocycles. The first-order chi connectivity index (χ1) is 12.0. The largest absolute Gasteiger partial charge is 0.356 e. The zero-order chi connectivity index (χ0) is 18.2. The van der Waals surface area contributed by atoms with Gasteiger partial charge in [0.1, 0.15) is 0 Å². The normalized spacial score (nSPS) is 17.1. The van der Waals surface area contributed by atoms with E-state index in [1.807, 2.05) is 24.3 Å². The summed E-state index contributed by atoms with van der Waals surface area (Å²) >= 11 is 6.01. The number of benzene rings is 1. The van der Waals surface area contributed by atoms with Crippen molar-refractivity contribution in [1.29, 1.82) is 0 Å². The van der Waals surface area contributed by atoms with Crippen molar-refractivity contribution in [3.8, 4) is 0 Å². The van der Waals surface area contributed by atoms with Gasteiger partial charge in [-0.25, -0.2) is 0 Å². The number of carbonyl (C=O) groups excluding carboxylic acids is 2. The quantitative estimate of drug-likeness (QED) is 0.781. The first kappa shape index (κ1) is 19.7. The molecule has 2 amide bonds. The zero-order valence-corrected chi connectivity index (χ0v) is 15.8. The Morgan fingerprint density at radius 2 is 1.84 bits per heavy atom. The highest BCUT2D eigenvalue weighted by Crippen LogP contribution is 2.27. The van der Waals surface area contributed by atoms with E-state index < -0.39 is 0 Å². The van der Waals surface area contributed by atoms with Gasteiger partial charge < -0.3 is 10.6 Å². The number of hydrogen-bond acceptors (Lipinski definition) is 3. The number of likely N-dealkylation sites (tertiary alicyclic amines) is 1. The van der Waals surface area contributed by atoms with Gasteiger partial charge in [0.05, 0.1) is 6.04 Å². The van der Waals surface area contributed by atoms with E-state index in [2.05, 4.69) is 22.5 Å². The maximum Gasteiger partial charge on any atom is 0.221 e. The van der Waals surface area contributed by atoms with Gasteiger partial charge in [-0.15, -0.1) is 0 Å². The lowest BCUT2D eigenvalue weighted by Crippen LogP contribution is -2.42. The molecule has 1 saturated heterocycles. The fourth-order valence-electron chi connectivity index (χ4n) is 3.13. The van der Waals surface area contributed by atoms with Gasteiger partial charge in [0.25, 0.3) is 0 Å². The smallest absolute Gasteiger partial charge is 0.221 e. The summed E-state index contributed by atoms with van der Waals surface area (Å²) in [4.78, 5) is 25.4. The molecule has 1 atom stereocenters. The number of nitrogens with zero attached hydrogens (tertiary/aromatic N) is 1. The molecule has 0 aliphatic carbocycles. The summed E-state index contributed by atoms with van der Waals surface area (Å²) in [6.45, 7) is 6.75. The Morgan fingerprint density at radius 1 is 1.20 bits per heavy atom. The topological polar surface area (TPSA) is 61.4 Å². The van der Waals surface area contributed by atoms with Crippen LogP contribution in [0.3, 0.4) is 0 Å². The molecule has 1 aromatic carbocycles. The van der Waals surface area contributed by atoms with E-state index in [0.29, 0.717) is 24.5 Å². The van der Waals surface area contributed by atoms with E-state index >= 15 is 0 Å². The van der Waals surface area contributed by atoms with Gasteiger partial charge in [-0.3, -0.25) is 14.5 Å². The molecule has 0 aromatic heterocycles. The molecule has 0 radical (unpaired) electrons. The maximum absolute atomic E-state index is 12.0. The molecular formula is C19H28ClN3O2. The predicted octanol–water partition coefficient (Wildman–Crippen LogP) is 2.76. The van der Waals surface area contributed by atoms with Gasteiger partial charge in [-0.2, -0.15) is 0 Å². The molecule has 1 heterocycles. The van der Waals surface area contributed by atoms with Gasteiger partial charge in [0.15, 0.2) is 0 Å². The minimum Gasteiger partial charge on any atom is -0.356 e. The van der Waals surface area contributed by atoms with Crippen molar-refractivity contribution in [3.05, 3.63) is 34.9 Å². The third kappa shape index (κ3) is 6.67. The first-order valence-corrected chi connectivity index (χ1v) is 9.34. The second-order valence-electron chi connectivity index (χ2n) is 6.82. The van der Waals surface area contributed by atoms with Gasteiger partial charge in [-0.1, -0.05) is 30.7 Å². The summed E-state index contributed by atoms with van der Waals surface area (Å²) < 4.78 is 0. The third-order valence-corrected chi connectivity index (χ3v) is 4.98. The van der Waals surface area contributed by atoms with Crippen LogP contribution >= 0.6 is 11.6 Å². The lowest BCUT2D eigenvalue weighted by Gasteiger charge is -2.37. The summed E-state index contributed by atoms with van der Waals surface area (Å²) in [6.07, 6.45) is 2.66. The predicted molar refractivity (Wildman–Crippen MR) is 100 cm³/mol. The Bertz CT molecular complexity index is 569. The molecule has 1 fully saturated rings. The highest BCUT2D eigenvalue weighted by atomic mass is 35.5. The molecule has 6 heteroatoms. The van der Waals surface area contributed by atoms with Crippen LogP contribution in [0, 0.1) is 5.92 Å². The van der Waals surface area contributed by atoms with E-state index in [-0.39, 0.29) is 17.9 Å². The van der Waals surface area contributed by atoms with E-state index in [1.165, 1.54) is 25.3 Å². The molecule has 1 unspecified atom stereocenters. The van der Waals surface area contributed by atoms with Crippen molar-refractivity contribution in [2.45, 2.75) is 39.2 Å². The number of halogens is 1. The van der Waals surface area contributed by atoms with Crippen molar-refractivity contribution >= 4 is 23.4 Å². The monoisotopic (exact) mass is 365 g/mol. The Kier molecular flexibility index (Phi) is 7.72. The van der Waals surface area contributed by atoms with E-state index in [0.717, 1.165) is 19.0 Å². The van der Waals surface area contributed by atoms with Crippen LogP contribution in [-0.2, 0) is 9.59 Å². The SMILES string of the molecule is CC(=O)NCCC(=O)NCC(c1ccc(Cl)cc1)N1CCC(C)CC1. The molecule has 138 valence electrons. The van der Waals surface area contributed by atoms with Crippen LogP contribution in [0.2, 0.25) is 5.02 Å². The molecule has 2 rings (SSSR count). The molecular weight excluding hydrogens is 338 g/mol. The highest BCUT2D eigenvalue weighted by Gasteiger charge is 2.25. The highest BCUT2D eigenvalue weighted by molar-refractivity contribution is 6.30. The summed E-state index contributed by atoms with van der Waals surface area (Å²) in [7, 11) is 0. The van der Waals surface area contributed by atoms with E-state index in [4.69, 9.17) is 11.6 Å². The second kappa shape index (κ2) is 9.78. The third-order valence-electron chi connectivity index (χ3n) is 4.73. The summed E-state index contributed by atoms with van der Waals surface area (Å²) in [6, 6.07) is 8.02. The number of piperidine rings is 1. The van der Waals surface area contributed by atoms with Crippen LogP contribution < -0.4 is 10.6 Å². The summed E-state index contributed by atoms with van der Waals surface area (Å²) in [5.41, 5.74) is 1.17. The van der Waals surface area contributed by atoms with Crippen LogP contribution in [-0.4, -0.2) is 42.9 Å². The summed E-state index contributed by atoms with van der Waals surface area (Å²) in [5, 5.41) is 6.38. The standard InChI is InChI=1S/C19H28ClN3O2/c1-14-8-11-23(12-9-14)18(16-3-5-17(20)6-4-16)13-22-19(25)7-10-21-15(2)24/h3-6,14,18H,7-13H2,1-2H3,(H,21,24)(H,22,25). The molecule has 25 heavy (non-hydrogen) atoms. The minimum absolute atomic E-state index is 0.0434. The van der Waals surface area contributed by atoms with E-state index in [9.17, 15) is 9.59 Å². The van der Waals surface area contributed by atoms with Crippen molar-refractivity contribution < 1.29 is 9.59 Å². The van der Waals surface area contributed by atoms with Gasteiger partial charge in [-0.05, 0) is 49.5 Å². The average Bonchev–Trinajstić information content (AvgIpc) is 2.57. The van der Waals surface area contributed by atoms with Crippen LogP contribution in [0.25, 0.3) is 0 Å². The first-order valence-electron chi connectivity index (χ1n) is 8.96. The Morgan fingerprint density at radius 3 is 2.44 bits per heavy atom. The van der Waals surface area contributed by atoms with Crippen LogP contribution in [0.4, 0.5) is 0 Å². The average molecular weight is 366 g/mol. The molecule has 0 bridgehead atoms. The van der Waals surface area contributed by atoms with Crippen LogP contribution in [0.15, 0.2) is 24.3 Å². The van der Waals surface area contributed by atoms with Crippen molar-refractivity contribution in [3.63, 3.8) is 0 Å². The maximum atomic E-state index is 12.0. The zero-order valence-electron chi connectivity index (χ0n) is 15.1. The fourth-order valence-corrected chi connectivity index (χ4v) is 3.26. The van der Waals surface area contributed by atoms with Crippen LogP contribution in [0.5, 0.6) is 0 Å². The summed E-state index contributed by atoms with van der Waals surface area (Å²) in [5.74, 6) is 0.599. The lowest BCUT2D eigenvalue weighted by molar-refractivity contribution is -0.121. The fraction of sp³-hybridized carbons (Fsp3) is 0.579. The van der Waals surface area contributed by atoms with E-state index in [1.54, 1.807) is 0 Å². The van der Waals surface area contributed by atoms with Crippen LogP contribution in [0.1, 0.15) is 44.7 Å². The van der Waals surface area contributed by atoms with Gasteiger partial charge >= 0.3 is 0 Å². The Labute approximate surface area is 155 Å². The molecule has 1 aliphatic rings. The van der Waals surface area contributed by atoms with Crippen molar-refractivity contribution in [2.24, 2.45) is 5.92 Å². The molecule has 5 nitrogen and oxygen atoms in total. The lowest BCUT2D eigenvalue weighted by atomic mass is 9.95. The number of carbonyl (C=O) groups is 2. The van der Waals surface area contributed by atoms with Gasteiger partial charge in [0.2, 0.25) is 11.8 Å². The molecule has 0 saturated carbocycles. The number of amides is 2. The van der Waals surface area contributed by atoms with Crippen molar-refractivity contribution in [1.82, 2.24) is 15.5 Å². The molecule has 2 N–H and O–H groups in total. The van der Waals surface area contributed by atoms with Crippen molar-refractivity contribution in [2.75, 3.05) is 26.2 Å². The Hall–Kier alpha value is -1.59. The number of rotatable bonds is 7. The Balaban J connectivity index is 1.95. The molecule has 0 spiro atoms. The second-order valence-corrected chi connectivity index (χ2v) is 7.26.